The average Bonchev–Trinajstić information content (AvgIpc) is 2.57. The number of rotatable bonds is 10. The van der Waals surface area contributed by atoms with Gasteiger partial charge in [0.25, 0.3) is 0 Å². The number of aliphatic imine (C=N–C) groups is 1. The summed E-state index contributed by atoms with van der Waals surface area (Å²) in [6.45, 7) is 5.46. The van der Waals surface area contributed by atoms with Gasteiger partial charge in [-0.05, 0) is 49.8 Å². The van der Waals surface area contributed by atoms with Gasteiger partial charge in [0.15, 0.2) is 15.8 Å². The van der Waals surface area contributed by atoms with Crippen LogP contribution < -0.4 is 15.4 Å². The average molecular weight is 445 g/mol. The molecule has 0 atom stereocenters. The highest BCUT2D eigenvalue weighted by Crippen LogP contribution is 2.25. The summed E-state index contributed by atoms with van der Waals surface area (Å²) in [6.07, 6.45) is 4.58. The second kappa shape index (κ2) is 10.4. The van der Waals surface area contributed by atoms with Gasteiger partial charge in [0.1, 0.15) is 0 Å². The second-order valence-electron chi connectivity index (χ2n) is 7.46. The molecule has 0 bridgehead atoms. The van der Waals surface area contributed by atoms with E-state index in [2.05, 4.69) is 20.3 Å². The maximum atomic E-state index is 12.1. The summed E-state index contributed by atoms with van der Waals surface area (Å²) in [5.74, 6) is 0.979. The summed E-state index contributed by atoms with van der Waals surface area (Å²) in [4.78, 5) is 4.78. The van der Waals surface area contributed by atoms with Crippen molar-refractivity contribution in [1.29, 1.82) is 0 Å². The van der Waals surface area contributed by atoms with Crippen LogP contribution in [0.15, 0.2) is 28.1 Å². The Kier molecular flexibility index (Phi) is 8.47. The third-order valence-corrected chi connectivity index (χ3v) is 7.49. The van der Waals surface area contributed by atoms with Gasteiger partial charge >= 0.3 is 0 Å². The monoisotopic (exact) mass is 444 g/mol. The van der Waals surface area contributed by atoms with Crippen LogP contribution in [0.3, 0.4) is 0 Å². The zero-order valence-electron chi connectivity index (χ0n) is 17.4. The maximum Gasteiger partial charge on any atom is 0.213 e. The number of benzene rings is 1. The van der Waals surface area contributed by atoms with Crippen molar-refractivity contribution < 1.29 is 16.8 Å². The normalized spacial score (nSPS) is 15.8. The Morgan fingerprint density at radius 2 is 1.90 bits per heavy atom. The topological polar surface area (TPSA) is 117 Å². The minimum Gasteiger partial charge on any atom is -0.357 e. The van der Waals surface area contributed by atoms with E-state index in [0.29, 0.717) is 42.0 Å². The quantitative estimate of drug-likeness (QED) is 0.368. The predicted molar refractivity (Wildman–Crippen MR) is 116 cm³/mol. The van der Waals surface area contributed by atoms with Crippen molar-refractivity contribution in [3.8, 4) is 0 Å². The van der Waals surface area contributed by atoms with Crippen LogP contribution in [0, 0.1) is 12.8 Å². The van der Waals surface area contributed by atoms with Crippen LogP contribution in [0.5, 0.6) is 0 Å². The maximum absolute atomic E-state index is 12.1. The summed E-state index contributed by atoms with van der Waals surface area (Å²) >= 11 is 0. The number of sulfone groups is 1. The van der Waals surface area contributed by atoms with Crippen molar-refractivity contribution in [2.75, 3.05) is 31.6 Å². The fourth-order valence-electron chi connectivity index (χ4n) is 3.06. The molecule has 1 aromatic carbocycles. The van der Waals surface area contributed by atoms with Crippen LogP contribution in [0.4, 0.5) is 0 Å². The molecule has 0 aromatic heterocycles. The van der Waals surface area contributed by atoms with Gasteiger partial charge < -0.3 is 10.6 Å². The van der Waals surface area contributed by atoms with E-state index in [0.717, 1.165) is 18.4 Å². The predicted octanol–water partition coefficient (Wildman–Crippen LogP) is 1.17. The van der Waals surface area contributed by atoms with Crippen LogP contribution in [-0.4, -0.2) is 54.4 Å². The largest absolute Gasteiger partial charge is 0.357 e. The lowest BCUT2D eigenvalue weighted by Crippen LogP contribution is -2.42. The van der Waals surface area contributed by atoms with Crippen molar-refractivity contribution in [2.45, 2.75) is 44.6 Å². The first-order valence-corrected chi connectivity index (χ1v) is 13.4. The number of nitrogens with one attached hydrogen (secondary N) is 3. The van der Waals surface area contributed by atoms with Gasteiger partial charge in [-0.25, -0.2) is 26.6 Å². The SMILES string of the molecule is CCNC(=NCc1ccc(S(C)(=O)=O)c(C)c1)NCCS(=O)(=O)NCC1CCC1. The van der Waals surface area contributed by atoms with Crippen LogP contribution in [0.25, 0.3) is 0 Å². The number of hydrogen-bond acceptors (Lipinski definition) is 5. The number of hydrogen-bond donors (Lipinski definition) is 3. The highest BCUT2D eigenvalue weighted by Gasteiger charge is 2.20. The highest BCUT2D eigenvalue weighted by atomic mass is 32.2. The molecule has 0 aliphatic heterocycles. The molecule has 1 aliphatic carbocycles. The molecule has 0 radical (unpaired) electrons. The van der Waals surface area contributed by atoms with Gasteiger partial charge in [0.2, 0.25) is 10.0 Å². The molecule has 0 saturated heterocycles. The molecule has 1 aliphatic rings. The van der Waals surface area contributed by atoms with Crippen molar-refractivity contribution in [3.63, 3.8) is 0 Å². The number of nitrogens with zero attached hydrogens (tertiary/aromatic N) is 1. The molecular weight excluding hydrogens is 412 g/mol. The van der Waals surface area contributed by atoms with Crippen LogP contribution in [-0.2, 0) is 26.4 Å². The Morgan fingerprint density at radius 1 is 1.17 bits per heavy atom. The van der Waals surface area contributed by atoms with E-state index in [-0.39, 0.29) is 12.3 Å². The van der Waals surface area contributed by atoms with Crippen LogP contribution in [0.2, 0.25) is 0 Å². The third kappa shape index (κ3) is 7.94. The summed E-state index contributed by atoms with van der Waals surface area (Å²) in [5, 5.41) is 6.12. The Hall–Kier alpha value is -1.65. The number of guanidine groups is 1. The Labute approximate surface area is 174 Å². The van der Waals surface area contributed by atoms with Crippen molar-refractivity contribution in [1.82, 2.24) is 15.4 Å². The zero-order chi connectivity index (χ0) is 21.5. The highest BCUT2D eigenvalue weighted by molar-refractivity contribution is 7.90. The van der Waals surface area contributed by atoms with Gasteiger partial charge in [-0.1, -0.05) is 18.6 Å². The third-order valence-electron chi connectivity index (χ3n) is 4.88. The second-order valence-corrected chi connectivity index (χ2v) is 11.4. The molecule has 1 saturated carbocycles. The fourth-order valence-corrected chi connectivity index (χ4v) is 5.02. The summed E-state index contributed by atoms with van der Waals surface area (Å²) in [7, 11) is -6.56. The molecule has 2 rings (SSSR count). The minimum atomic E-state index is -3.31. The molecule has 29 heavy (non-hydrogen) atoms. The molecule has 3 N–H and O–H groups in total. The first-order valence-electron chi connectivity index (χ1n) is 9.90. The summed E-state index contributed by atoms with van der Waals surface area (Å²) in [6, 6.07) is 5.14. The van der Waals surface area contributed by atoms with Gasteiger partial charge in [-0.15, -0.1) is 0 Å². The van der Waals surface area contributed by atoms with Gasteiger partial charge in [0.05, 0.1) is 17.2 Å². The van der Waals surface area contributed by atoms with Crippen molar-refractivity contribution >= 4 is 25.8 Å². The lowest BCUT2D eigenvalue weighted by Gasteiger charge is -2.25. The number of sulfonamides is 1. The van der Waals surface area contributed by atoms with Gasteiger partial charge in [-0.3, -0.25) is 0 Å². The van der Waals surface area contributed by atoms with Crippen molar-refractivity contribution in [2.24, 2.45) is 10.9 Å². The molecule has 0 heterocycles. The van der Waals surface area contributed by atoms with E-state index in [9.17, 15) is 16.8 Å². The molecule has 8 nitrogen and oxygen atoms in total. The molecule has 164 valence electrons. The van der Waals surface area contributed by atoms with E-state index in [1.54, 1.807) is 25.1 Å². The molecule has 1 fully saturated rings. The van der Waals surface area contributed by atoms with E-state index in [4.69, 9.17) is 0 Å². The summed E-state index contributed by atoms with van der Waals surface area (Å²) < 4.78 is 50.3. The lowest BCUT2D eigenvalue weighted by molar-refractivity contribution is 0.316. The molecular formula is C19H32N4O4S2. The molecule has 1 aromatic rings. The van der Waals surface area contributed by atoms with E-state index >= 15 is 0 Å². The minimum absolute atomic E-state index is 0.0215. The van der Waals surface area contributed by atoms with Gasteiger partial charge in [0, 0.05) is 25.9 Å². The van der Waals surface area contributed by atoms with E-state index in [1.807, 2.05) is 6.92 Å². The first kappa shape index (κ1) is 23.6. The van der Waals surface area contributed by atoms with Gasteiger partial charge in [-0.2, -0.15) is 0 Å². The van der Waals surface area contributed by atoms with E-state index in [1.165, 1.54) is 12.7 Å². The first-order chi connectivity index (χ1) is 13.6. The van der Waals surface area contributed by atoms with Crippen LogP contribution >= 0.6 is 0 Å². The standard InChI is InChI=1S/C19H32N4O4S2/c1-4-20-19(21-10-11-29(26,27)23-14-16-6-5-7-16)22-13-17-8-9-18(15(2)12-17)28(3,24)25/h8-9,12,16,23H,4-7,10-11,13-14H2,1-3H3,(H2,20,21,22). The van der Waals surface area contributed by atoms with Crippen molar-refractivity contribution in [3.05, 3.63) is 29.3 Å². The van der Waals surface area contributed by atoms with E-state index < -0.39 is 19.9 Å². The van der Waals surface area contributed by atoms with Crippen LogP contribution in [0.1, 0.15) is 37.3 Å². The Morgan fingerprint density at radius 3 is 2.45 bits per heavy atom. The molecule has 0 unspecified atom stereocenters. The Balaban J connectivity index is 1.89. The smallest absolute Gasteiger partial charge is 0.213 e. The lowest BCUT2D eigenvalue weighted by atomic mass is 9.86. The molecule has 0 spiro atoms. The Bertz CT molecular complexity index is 924. The summed E-state index contributed by atoms with van der Waals surface area (Å²) in [5.41, 5.74) is 1.56. The molecule has 0 amide bonds. The number of aryl methyl sites for hydroxylation is 1. The zero-order valence-corrected chi connectivity index (χ0v) is 19.0. The fraction of sp³-hybridized carbons (Fsp3) is 0.632. The molecule has 10 heteroatoms.